The fraction of sp³-hybridized carbons (Fsp3) is 0.455. The first-order chi connectivity index (χ1) is 5.62. The van der Waals surface area contributed by atoms with Gasteiger partial charge < -0.3 is 0 Å². The van der Waals surface area contributed by atoms with E-state index in [0.29, 0.717) is 0 Å². The van der Waals surface area contributed by atoms with E-state index in [1.165, 1.54) is 17.7 Å². The normalized spacial score (nSPS) is 25.4. The number of hydrogen-bond acceptors (Lipinski definition) is 0. The molecule has 1 aromatic rings. The Morgan fingerprint density at radius 1 is 1.25 bits per heavy atom. The molecule has 1 aromatic carbocycles. The van der Waals surface area contributed by atoms with Crippen molar-refractivity contribution in [3.8, 4) is 0 Å². The van der Waals surface area contributed by atoms with E-state index in [0.717, 1.165) is 10.5 Å². The van der Waals surface area contributed by atoms with E-state index in [1.807, 2.05) is 0 Å². The lowest BCUT2D eigenvalue weighted by Gasteiger charge is -2.29. The largest absolute Gasteiger partial charge is 0.293 e. The molecule has 1 unspecified atom stereocenters. The summed E-state index contributed by atoms with van der Waals surface area (Å²) in [6.45, 7) is 2.32. The van der Waals surface area contributed by atoms with Crippen molar-refractivity contribution in [3.63, 3.8) is 0 Å². The minimum absolute atomic E-state index is 0.724. The molecule has 0 aliphatic carbocycles. The molecule has 1 heterocycles. The van der Waals surface area contributed by atoms with E-state index in [4.69, 9.17) is 0 Å². The van der Waals surface area contributed by atoms with E-state index in [1.54, 1.807) is 0 Å². The van der Waals surface area contributed by atoms with Gasteiger partial charge in [0.2, 0.25) is 0 Å². The smallest absolute Gasteiger partial charge is 0.136 e. The van der Waals surface area contributed by atoms with Crippen molar-refractivity contribution in [2.24, 2.45) is 0 Å². The summed E-state index contributed by atoms with van der Waals surface area (Å²) in [4.78, 5) is 0. The van der Waals surface area contributed by atoms with E-state index in [9.17, 15) is 0 Å². The second-order valence-electron chi connectivity index (χ2n) is 4.22. The van der Waals surface area contributed by atoms with Crippen molar-refractivity contribution in [2.75, 3.05) is 14.1 Å². The first-order valence-corrected chi connectivity index (χ1v) is 4.54. The van der Waals surface area contributed by atoms with E-state index in [-0.39, 0.29) is 0 Å². The molecule has 0 amide bonds. The minimum atomic E-state index is 0.724. The molecule has 64 valence electrons. The van der Waals surface area contributed by atoms with Gasteiger partial charge in [0.15, 0.2) is 0 Å². The zero-order chi connectivity index (χ0) is 8.77. The minimum Gasteiger partial charge on any atom is -0.293 e. The number of rotatable bonds is 0. The van der Waals surface area contributed by atoms with Crippen molar-refractivity contribution in [1.82, 2.24) is 4.48 Å². The summed E-state index contributed by atoms with van der Waals surface area (Å²) in [5, 5.41) is 0. The van der Waals surface area contributed by atoms with Gasteiger partial charge in [0.25, 0.3) is 0 Å². The Morgan fingerprint density at radius 2 is 1.92 bits per heavy atom. The van der Waals surface area contributed by atoms with Gasteiger partial charge in [-0.2, -0.15) is 0 Å². The molecule has 0 saturated heterocycles. The molecule has 0 fully saturated rings. The van der Waals surface area contributed by atoms with Gasteiger partial charge >= 0.3 is 0 Å². The van der Waals surface area contributed by atoms with Crippen LogP contribution >= 0.6 is 0 Å². The monoisotopic (exact) mass is 162 g/mol. The topological polar surface area (TPSA) is 0 Å². The van der Waals surface area contributed by atoms with Crippen molar-refractivity contribution in [2.45, 2.75) is 19.4 Å². The molecule has 2 rings (SSSR count). The van der Waals surface area contributed by atoms with Crippen LogP contribution in [0.1, 0.15) is 12.5 Å². The molecular weight excluding hydrogens is 146 g/mol. The van der Waals surface area contributed by atoms with E-state index in [2.05, 4.69) is 45.3 Å². The summed E-state index contributed by atoms with van der Waals surface area (Å²) in [6, 6.07) is 9.49. The standard InChI is InChI=1S/C11H16N/c1-9-8-10-6-4-5-7-11(10)12(9,2)3/h4-7,9H,8H2,1-3H3/q+1. The number of para-hydroxylation sites is 1. The molecule has 1 nitrogen and oxygen atoms in total. The van der Waals surface area contributed by atoms with Gasteiger partial charge in [-0.05, 0) is 13.0 Å². The Kier molecular flexibility index (Phi) is 1.52. The predicted molar refractivity (Wildman–Crippen MR) is 53.3 cm³/mol. The van der Waals surface area contributed by atoms with Crippen molar-refractivity contribution < 1.29 is 0 Å². The summed E-state index contributed by atoms with van der Waals surface area (Å²) in [6.07, 6.45) is 1.23. The first kappa shape index (κ1) is 7.81. The molecule has 1 aliphatic heterocycles. The number of quaternary nitrogens is 1. The van der Waals surface area contributed by atoms with Crippen molar-refractivity contribution >= 4 is 5.69 Å². The fourth-order valence-electron chi connectivity index (χ4n) is 2.03. The molecule has 0 aromatic heterocycles. The van der Waals surface area contributed by atoms with Crippen LogP contribution in [0, 0.1) is 0 Å². The van der Waals surface area contributed by atoms with Gasteiger partial charge in [0, 0.05) is 12.0 Å². The fourth-order valence-corrected chi connectivity index (χ4v) is 2.03. The van der Waals surface area contributed by atoms with Crippen LogP contribution in [0.5, 0.6) is 0 Å². The SMILES string of the molecule is CC1Cc2ccccc2[N+]1(C)C. The highest BCUT2D eigenvalue weighted by atomic mass is 15.3. The highest BCUT2D eigenvalue weighted by Gasteiger charge is 2.36. The van der Waals surface area contributed by atoms with E-state index >= 15 is 0 Å². The zero-order valence-electron chi connectivity index (χ0n) is 8.04. The van der Waals surface area contributed by atoms with Crippen molar-refractivity contribution in [3.05, 3.63) is 29.8 Å². The lowest BCUT2D eigenvalue weighted by molar-refractivity contribution is 0.337. The van der Waals surface area contributed by atoms with Crippen LogP contribution in [-0.2, 0) is 6.42 Å². The maximum atomic E-state index is 2.32. The van der Waals surface area contributed by atoms with Crippen LogP contribution in [0.2, 0.25) is 0 Å². The highest BCUT2D eigenvalue weighted by Crippen LogP contribution is 2.35. The Morgan fingerprint density at radius 3 is 2.58 bits per heavy atom. The van der Waals surface area contributed by atoms with Crippen LogP contribution in [-0.4, -0.2) is 20.1 Å². The van der Waals surface area contributed by atoms with Crippen LogP contribution in [0.25, 0.3) is 0 Å². The highest BCUT2D eigenvalue weighted by molar-refractivity contribution is 5.54. The molecule has 0 N–H and O–H groups in total. The van der Waals surface area contributed by atoms with Crippen LogP contribution < -0.4 is 4.48 Å². The molecule has 0 bridgehead atoms. The molecule has 0 radical (unpaired) electrons. The summed E-state index contributed by atoms with van der Waals surface area (Å²) in [5.41, 5.74) is 3.01. The third-order valence-electron chi connectivity index (χ3n) is 3.23. The first-order valence-electron chi connectivity index (χ1n) is 4.54. The Hall–Kier alpha value is -0.820. The predicted octanol–water partition coefficient (Wildman–Crippen LogP) is 2.20. The maximum Gasteiger partial charge on any atom is 0.136 e. The molecule has 12 heavy (non-hydrogen) atoms. The number of likely N-dealkylation sites (N-methyl/N-ethyl adjacent to an activating group) is 1. The molecule has 0 saturated carbocycles. The summed E-state index contributed by atoms with van der Waals surface area (Å²) in [7, 11) is 4.58. The van der Waals surface area contributed by atoms with Gasteiger partial charge in [0.05, 0.1) is 20.1 Å². The summed E-state index contributed by atoms with van der Waals surface area (Å²) >= 11 is 0. The average molecular weight is 162 g/mol. The van der Waals surface area contributed by atoms with Gasteiger partial charge in [0.1, 0.15) is 5.69 Å². The Bertz CT molecular complexity index is 302. The lowest BCUT2D eigenvalue weighted by Crippen LogP contribution is -2.45. The quantitative estimate of drug-likeness (QED) is 0.513. The Labute approximate surface area is 74.2 Å². The van der Waals surface area contributed by atoms with Crippen LogP contribution in [0.4, 0.5) is 5.69 Å². The Balaban J connectivity index is 2.55. The maximum absolute atomic E-state index is 2.32. The van der Waals surface area contributed by atoms with Crippen LogP contribution in [0.3, 0.4) is 0 Å². The van der Waals surface area contributed by atoms with E-state index < -0.39 is 0 Å². The molecule has 0 spiro atoms. The number of hydrogen-bond donors (Lipinski definition) is 0. The number of nitrogens with zero attached hydrogens (tertiary/aromatic N) is 1. The van der Waals surface area contributed by atoms with Crippen LogP contribution in [0.15, 0.2) is 24.3 Å². The number of fused-ring (bicyclic) bond motifs is 1. The second-order valence-corrected chi connectivity index (χ2v) is 4.22. The van der Waals surface area contributed by atoms with Gasteiger partial charge in [-0.3, -0.25) is 4.48 Å². The molecule has 1 aliphatic rings. The molecule has 1 atom stereocenters. The zero-order valence-corrected chi connectivity index (χ0v) is 8.04. The average Bonchev–Trinajstić information content (AvgIpc) is 2.25. The van der Waals surface area contributed by atoms with Gasteiger partial charge in [-0.25, -0.2) is 0 Å². The van der Waals surface area contributed by atoms with Crippen molar-refractivity contribution in [1.29, 1.82) is 0 Å². The lowest BCUT2D eigenvalue weighted by atomic mass is 10.1. The number of benzene rings is 1. The van der Waals surface area contributed by atoms with Gasteiger partial charge in [-0.15, -0.1) is 0 Å². The summed E-state index contributed by atoms with van der Waals surface area (Å²) < 4.78 is 1.04. The summed E-state index contributed by atoms with van der Waals surface area (Å²) in [5.74, 6) is 0. The molecule has 1 heteroatoms. The third kappa shape index (κ3) is 0.896. The van der Waals surface area contributed by atoms with Gasteiger partial charge in [-0.1, -0.05) is 18.2 Å². The molecular formula is C11H16N+. The third-order valence-corrected chi connectivity index (χ3v) is 3.23. The second kappa shape index (κ2) is 2.33.